The summed E-state index contributed by atoms with van der Waals surface area (Å²) in [6.07, 6.45) is 4.07. The topological polar surface area (TPSA) is 75.9 Å². The Morgan fingerprint density at radius 2 is 1.37 bits per heavy atom. The van der Waals surface area contributed by atoms with Gasteiger partial charge in [0.1, 0.15) is 5.84 Å². The van der Waals surface area contributed by atoms with Crippen LogP contribution in [-0.4, -0.2) is 5.84 Å². The quantitative estimate of drug-likeness (QED) is 0.444. The van der Waals surface area contributed by atoms with E-state index in [1.165, 1.54) is 0 Å². The minimum Gasteiger partial charge on any atom is -0.384 e. The van der Waals surface area contributed by atoms with Gasteiger partial charge in [0, 0.05) is 12.1 Å². The van der Waals surface area contributed by atoms with Gasteiger partial charge in [0.05, 0.1) is 0 Å². The lowest BCUT2D eigenvalue weighted by atomic mass is 10.1. The van der Waals surface area contributed by atoms with E-state index in [1.807, 2.05) is 60.7 Å². The Labute approximate surface area is 113 Å². The van der Waals surface area contributed by atoms with Gasteiger partial charge < -0.3 is 11.5 Å². The number of hydrogen-bond donors (Lipinski definition) is 3. The van der Waals surface area contributed by atoms with Crippen molar-refractivity contribution in [3.8, 4) is 0 Å². The molecule has 0 aromatic heterocycles. The number of nitrogen functional groups attached to an aromatic ring is 1. The molecule has 2 aromatic rings. The van der Waals surface area contributed by atoms with Gasteiger partial charge in [-0.3, -0.25) is 5.41 Å². The summed E-state index contributed by atoms with van der Waals surface area (Å²) >= 11 is 0. The fourth-order valence-electron chi connectivity index (χ4n) is 1.73. The smallest absolute Gasteiger partial charge is 0.122 e. The molecule has 0 heterocycles. The Hall–Kier alpha value is -2.39. The molecule has 2 rings (SSSR count). The van der Waals surface area contributed by atoms with Crippen molar-refractivity contribution in [3.05, 3.63) is 70.8 Å². The standard InChI is InChI=1S/C16H17N3/c17-11-14-5-3-12(4-6-14)1-2-13-7-9-15(10-8-13)16(18)19/h1-10H,11,17H2,(H3,18,19). The molecular formula is C16H17N3. The molecule has 5 N–H and O–H groups in total. The fraction of sp³-hybridized carbons (Fsp3) is 0.0625. The average Bonchev–Trinajstić information content (AvgIpc) is 2.46. The third-order valence-corrected chi connectivity index (χ3v) is 2.91. The van der Waals surface area contributed by atoms with Crippen molar-refractivity contribution in [3.63, 3.8) is 0 Å². The van der Waals surface area contributed by atoms with Gasteiger partial charge >= 0.3 is 0 Å². The summed E-state index contributed by atoms with van der Waals surface area (Å²) in [4.78, 5) is 0. The van der Waals surface area contributed by atoms with E-state index in [0.29, 0.717) is 6.54 Å². The zero-order valence-corrected chi connectivity index (χ0v) is 10.6. The lowest BCUT2D eigenvalue weighted by molar-refractivity contribution is 1.07. The lowest BCUT2D eigenvalue weighted by Gasteiger charge is -1.99. The van der Waals surface area contributed by atoms with Crippen molar-refractivity contribution < 1.29 is 0 Å². The van der Waals surface area contributed by atoms with Crippen LogP contribution in [0, 0.1) is 5.41 Å². The maximum atomic E-state index is 7.33. The Kier molecular flexibility index (Phi) is 4.11. The van der Waals surface area contributed by atoms with Gasteiger partial charge in [-0.05, 0) is 16.7 Å². The molecule has 0 amide bonds. The van der Waals surface area contributed by atoms with Crippen LogP contribution in [0.25, 0.3) is 12.2 Å². The number of benzene rings is 2. The van der Waals surface area contributed by atoms with Crippen molar-refractivity contribution in [2.45, 2.75) is 6.54 Å². The zero-order chi connectivity index (χ0) is 13.7. The van der Waals surface area contributed by atoms with Gasteiger partial charge in [-0.15, -0.1) is 0 Å². The van der Waals surface area contributed by atoms with Crippen LogP contribution in [0.1, 0.15) is 22.3 Å². The number of nitrogens with two attached hydrogens (primary N) is 2. The lowest BCUT2D eigenvalue weighted by Crippen LogP contribution is -2.10. The van der Waals surface area contributed by atoms with Gasteiger partial charge in [-0.1, -0.05) is 60.7 Å². The molecule has 19 heavy (non-hydrogen) atoms. The van der Waals surface area contributed by atoms with E-state index < -0.39 is 0 Å². The SMILES string of the molecule is N=C(N)c1ccc(C=Cc2ccc(CN)cc2)cc1. The molecule has 0 aliphatic heterocycles. The summed E-state index contributed by atoms with van der Waals surface area (Å²) < 4.78 is 0. The molecule has 0 unspecified atom stereocenters. The molecule has 3 nitrogen and oxygen atoms in total. The Bertz CT molecular complexity index is 580. The van der Waals surface area contributed by atoms with Gasteiger partial charge in [0.15, 0.2) is 0 Å². The highest BCUT2D eigenvalue weighted by Crippen LogP contribution is 2.10. The molecule has 0 fully saturated rings. The Morgan fingerprint density at radius 3 is 1.79 bits per heavy atom. The first-order chi connectivity index (χ1) is 9.19. The van der Waals surface area contributed by atoms with E-state index in [9.17, 15) is 0 Å². The number of nitrogens with one attached hydrogen (secondary N) is 1. The second kappa shape index (κ2) is 5.98. The van der Waals surface area contributed by atoms with Gasteiger partial charge in [-0.25, -0.2) is 0 Å². The van der Waals surface area contributed by atoms with Crippen molar-refractivity contribution >= 4 is 18.0 Å². The molecule has 0 aliphatic carbocycles. The highest BCUT2D eigenvalue weighted by atomic mass is 14.7. The summed E-state index contributed by atoms with van der Waals surface area (Å²) in [6.45, 7) is 0.566. The summed E-state index contributed by atoms with van der Waals surface area (Å²) in [5.74, 6) is 0.0907. The Balaban J connectivity index is 2.10. The van der Waals surface area contributed by atoms with Gasteiger partial charge in [-0.2, -0.15) is 0 Å². The number of amidine groups is 1. The maximum absolute atomic E-state index is 7.33. The minimum atomic E-state index is 0.0907. The molecule has 2 aromatic carbocycles. The van der Waals surface area contributed by atoms with E-state index in [1.54, 1.807) is 0 Å². The predicted octanol–water partition coefficient (Wildman–Crippen LogP) is 2.60. The van der Waals surface area contributed by atoms with Crippen LogP contribution in [0.2, 0.25) is 0 Å². The third kappa shape index (κ3) is 3.53. The molecule has 3 heteroatoms. The first-order valence-corrected chi connectivity index (χ1v) is 6.10. The molecule has 0 atom stereocenters. The highest BCUT2D eigenvalue weighted by molar-refractivity contribution is 5.95. The first kappa shape index (κ1) is 13.1. The largest absolute Gasteiger partial charge is 0.384 e. The molecule has 0 aliphatic rings. The average molecular weight is 251 g/mol. The molecule has 0 radical (unpaired) electrons. The van der Waals surface area contributed by atoms with Crippen LogP contribution in [0.15, 0.2) is 48.5 Å². The maximum Gasteiger partial charge on any atom is 0.122 e. The van der Waals surface area contributed by atoms with Crippen LogP contribution in [0.5, 0.6) is 0 Å². The minimum absolute atomic E-state index is 0.0907. The molecule has 0 saturated carbocycles. The van der Waals surface area contributed by atoms with Crippen LogP contribution in [0.4, 0.5) is 0 Å². The Morgan fingerprint density at radius 1 is 0.895 bits per heavy atom. The normalized spacial score (nSPS) is 10.8. The molecule has 0 bridgehead atoms. The summed E-state index contributed by atoms with van der Waals surface area (Å²) in [7, 11) is 0. The summed E-state index contributed by atoms with van der Waals surface area (Å²) in [6, 6.07) is 15.7. The second-order valence-electron chi connectivity index (χ2n) is 4.31. The van der Waals surface area contributed by atoms with E-state index >= 15 is 0 Å². The van der Waals surface area contributed by atoms with Crippen LogP contribution in [0.3, 0.4) is 0 Å². The van der Waals surface area contributed by atoms with Crippen molar-refractivity contribution in [2.24, 2.45) is 11.5 Å². The number of rotatable bonds is 4. The molecule has 96 valence electrons. The summed E-state index contributed by atoms with van der Waals surface area (Å²) in [5.41, 5.74) is 15.0. The van der Waals surface area contributed by atoms with E-state index in [-0.39, 0.29) is 5.84 Å². The van der Waals surface area contributed by atoms with E-state index in [0.717, 1.165) is 22.3 Å². The zero-order valence-electron chi connectivity index (χ0n) is 10.6. The molecule has 0 spiro atoms. The molecular weight excluding hydrogens is 234 g/mol. The summed E-state index contributed by atoms with van der Waals surface area (Å²) in [5, 5.41) is 7.33. The van der Waals surface area contributed by atoms with Crippen LogP contribution >= 0.6 is 0 Å². The van der Waals surface area contributed by atoms with Crippen LogP contribution < -0.4 is 11.5 Å². The first-order valence-electron chi connectivity index (χ1n) is 6.10. The van der Waals surface area contributed by atoms with Crippen LogP contribution in [-0.2, 0) is 6.54 Å². The van der Waals surface area contributed by atoms with Gasteiger partial charge in [0.25, 0.3) is 0 Å². The predicted molar refractivity (Wildman–Crippen MR) is 80.7 cm³/mol. The highest BCUT2D eigenvalue weighted by Gasteiger charge is 1.95. The van der Waals surface area contributed by atoms with E-state index in [2.05, 4.69) is 0 Å². The van der Waals surface area contributed by atoms with Crippen molar-refractivity contribution in [1.82, 2.24) is 0 Å². The van der Waals surface area contributed by atoms with E-state index in [4.69, 9.17) is 16.9 Å². The monoisotopic (exact) mass is 251 g/mol. The van der Waals surface area contributed by atoms with Crippen molar-refractivity contribution in [1.29, 1.82) is 5.41 Å². The third-order valence-electron chi connectivity index (χ3n) is 2.91. The molecule has 0 saturated heterocycles. The van der Waals surface area contributed by atoms with Gasteiger partial charge in [0.2, 0.25) is 0 Å². The second-order valence-corrected chi connectivity index (χ2v) is 4.31. The number of hydrogen-bond acceptors (Lipinski definition) is 2. The fourth-order valence-corrected chi connectivity index (χ4v) is 1.73. The van der Waals surface area contributed by atoms with Crippen molar-refractivity contribution in [2.75, 3.05) is 0 Å².